The van der Waals surface area contributed by atoms with Gasteiger partial charge in [-0.25, -0.2) is 19.2 Å². The van der Waals surface area contributed by atoms with E-state index in [9.17, 15) is 33.6 Å². The van der Waals surface area contributed by atoms with Crippen molar-refractivity contribution in [2.24, 2.45) is 5.73 Å². The van der Waals surface area contributed by atoms with Crippen molar-refractivity contribution in [1.82, 2.24) is 21.3 Å². The number of unbranched alkanes of at least 4 members (excludes halogenated alkanes) is 3. The second kappa shape index (κ2) is 28.8. The fourth-order valence-electron chi connectivity index (χ4n) is 7.59. The third-order valence-electron chi connectivity index (χ3n) is 10.9. The normalized spacial score (nSPS) is 12.7. The zero-order valence-corrected chi connectivity index (χ0v) is 43.6. The number of hydrogen-bond acceptors (Lipinski definition) is 12. The molecule has 0 fully saturated rings. The summed E-state index contributed by atoms with van der Waals surface area (Å²) in [5, 5.41) is 10.6. The lowest BCUT2D eigenvalue weighted by Crippen LogP contribution is -2.47. The van der Waals surface area contributed by atoms with Gasteiger partial charge in [-0.2, -0.15) is 0 Å². The molecule has 6 N–H and O–H groups in total. The van der Waals surface area contributed by atoms with Gasteiger partial charge >= 0.3 is 24.2 Å². The molecule has 0 saturated heterocycles. The molecule has 4 aromatic rings. The third kappa shape index (κ3) is 20.5. The maximum absolute atomic E-state index is 13.5. The van der Waals surface area contributed by atoms with Gasteiger partial charge in [-0.15, -0.1) is 11.8 Å². The first kappa shape index (κ1) is 58.4. The van der Waals surface area contributed by atoms with Gasteiger partial charge in [0.05, 0.1) is 10.8 Å². The number of Topliss-reactive ketones (excluding diaryl/α,β-unsaturated/α-hetero) is 1. The van der Waals surface area contributed by atoms with Gasteiger partial charge in [0, 0.05) is 31.6 Å². The lowest BCUT2D eigenvalue weighted by molar-refractivity contribution is -0.145. The van der Waals surface area contributed by atoms with Crippen LogP contribution in [0.5, 0.6) is 5.75 Å². The Morgan fingerprint density at radius 3 is 1.59 bits per heavy atom. The van der Waals surface area contributed by atoms with Gasteiger partial charge in [-0.05, 0) is 95.2 Å². The summed E-state index contributed by atoms with van der Waals surface area (Å²) in [7, 11) is 0. The van der Waals surface area contributed by atoms with E-state index in [4.69, 9.17) is 24.7 Å². The number of benzene rings is 4. The van der Waals surface area contributed by atoms with Crippen LogP contribution in [0.1, 0.15) is 109 Å². The molecule has 392 valence electrons. The van der Waals surface area contributed by atoms with E-state index in [-0.39, 0.29) is 62.0 Å². The SMILES string of the molecule is C=CCOC(=O)[C@H](Cc1ccc(OC(=O)NCC[C@H](NC(=O)OC(C)(C)C)C(=O)CCCCCCC(=O)N[C@@H](CSC(c2ccccc2)(c2ccccc2)c2ccccc2)C(N)=O)cc1)NC(=O)OC(C)(C)C. The van der Waals surface area contributed by atoms with Crippen molar-refractivity contribution in [3.05, 3.63) is 150 Å². The van der Waals surface area contributed by atoms with Crippen molar-refractivity contribution in [2.45, 2.75) is 127 Å². The molecule has 73 heavy (non-hydrogen) atoms. The van der Waals surface area contributed by atoms with Crippen LogP contribution in [0, 0.1) is 0 Å². The first-order valence-corrected chi connectivity index (χ1v) is 25.4. The number of hydrogen-bond donors (Lipinski definition) is 5. The molecule has 0 aromatic heterocycles. The van der Waals surface area contributed by atoms with Crippen molar-refractivity contribution in [3.63, 3.8) is 0 Å². The maximum Gasteiger partial charge on any atom is 0.412 e. The van der Waals surface area contributed by atoms with Crippen LogP contribution in [-0.2, 0) is 44.6 Å². The average Bonchev–Trinajstić information content (AvgIpc) is 3.33. The largest absolute Gasteiger partial charge is 0.460 e. The van der Waals surface area contributed by atoms with Crippen LogP contribution in [0.25, 0.3) is 0 Å². The van der Waals surface area contributed by atoms with Gasteiger partial charge in [0.1, 0.15) is 35.6 Å². The number of primary amides is 1. The molecule has 0 aliphatic carbocycles. The van der Waals surface area contributed by atoms with Crippen molar-refractivity contribution >= 4 is 53.6 Å². The fourth-order valence-corrected chi connectivity index (χ4v) is 9.16. The molecule has 0 unspecified atom stereocenters. The number of esters is 1. The van der Waals surface area contributed by atoms with Crippen LogP contribution in [0.2, 0.25) is 0 Å². The molecule has 4 rings (SSSR count). The molecule has 3 atom stereocenters. The van der Waals surface area contributed by atoms with Gasteiger partial charge in [0.2, 0.25) is 11.8 Å². The summed E-state index contributed by atoms with van der Waals surface area (Å²) < 4.78 is 20.6. The average molecular weight is 1020 g/mol. The molecule has 0 spiro atoms. The molecular weight excluding hydrogens is 951 g/mol. The number of carbonyl (C=O) groups excluding carboxylic acids is 7. The molecule has 0 aliphatic rings. The van der Waals surface area contributed by atoms with Crippen molar-refractivity contribution in [3.8, 4) is 5.75 Å². The highest BCUT2D eigenvalue weighted by molar-refractivity contribution is 8.00. The molecular formula is C56H71N5O11S. The van der Waals surface area contributed by atoms with Gasteiger partial charge in [-0.3, -0.25) is 14.4 Å². The number of thioether (sulfide) groups is 1. The van der Waals surface area contributed by atoms with E-state index in [0.29, 0.717) is 31.2 Å². The molecule has 4 aromatic carbocycles. The fraction of sp³-hybridized carbons (Fsp3) is 0.411. The van der Waals surface area contributed by atoms with Crippen LogP contribution in [0.3, 0.4) is 0 Å². The van der Waals surface area contributed by atoms with Crippen molar-refractivity contribution in [2.75, 3.05) is 18.9 Å². The minimum Gasteiger partial charge on any atom is -0.460 e. The lowest BCUT2D eigenvalue weighted by Gasteiger charge is -2.36. The van der Waals surface area contributed by atoms with Gasteiger partial charge in [0.15, 0.2) is 5.78 Å². The molecule has 0 heterocycles. The third-order valence-corrected chi connectivity index (χ3v) is 12.6. The van der Waals surface area contributed by atoms with E-state index < -0.39 is 64.2 Å². The number of nitrogens with two attached hydrogens (primary N) is 1. The molecule has 17 heteroatoms. The summed E-state index contributed by atoms with van der Waals surface area (Å²) in [5.41, 5.74) is 7.95. The number of amides is 5. The molecule has 0 aliphatic heterocycles. The van der Waals surface area contributed by atoms with E-state index >= 15 is 0 Å². The minimum atomic E-state index is -1.07. The highest BCUT2D eigenvalue weighted by Gasteiger charge is 2.38. The number of nitrogens with one attached hydrogen (secondary N) is 4. The Kier molecular flexibility index (Phi) is 23.0. The summed E-state index contributed by atoms with van der Waals surface area (Å²) in [4.78, 5) is 90.2. The smallest absolute Gasteiger partial charge is 0.412 e. The Labute approximate surface area is 433 Å². The second-order valence-electron chi connectivity index (χ2n) is 19.3. The summed E-state index contributed by atoms with van der Waals surface area (Å²) in [6, 6.07) is 33.4. The van der Waals surface area contributed by atoms with Crippen LogP contribution < -0.4 is 31.7 Å². The standard InChI is InChI=1S/C56H71N5O11S/c1-8-36-69-50(65)45(61-53(68)72-55(5,6)7)37-39-30-32-43(33-31-39)70-51(66)58-35-34-44(60-52(67)71-54(2,3)4)47(62)28-20-9-10-21-29-48(63)59-46(49(57)64)38-73-56(40-22-14-11-15-23-40,41-24-16-12-17-25-41)42-26-18-13-19-27-42/h8,11-19,22-27,30-33,44-46H,1,9-10,20-21,28-29,34-38H2,2-7H3,(H2,57,64)(H,58,66)(H,59,63)(H,60,67)(H,61,68)/t44-,45-,46-/m0/s1. The lowest BCUT2D eigenvalue weighted by atomic mass is 9.84. The number of rotatable bonds is 27. The Balaban J connectivity index is 1.26. The van der Waals surface area contributed by atoms with Crippen LogP contribution >= 0.6 is 11.8 Å². The summed E-state index contributed by atoms with van der Waals surface area (Å²) in [6.45, 7) is 13.7. The Morgan fingerprint density at radius 2 is 1.11 bits per heavy atom. The van der Waals surface area contributed by atoms with Gasteiger partial charge in [-0.1, -0.05) is 129 Å². The van der Waals surface area contributed by atoms with E-state index in [2.05, 4.69) is 64.2 Å². The Bertz CT molecular complexity index is 2330. The highest BCUT2D eigenvalue weighted by atomic mass is 32.2. The molecule has 0 bridgehead atoms. The number of alkyl carbamates (subject to hydrolysis) is 2. The predicted octanol–water partition coefficient (Wildman–Crippen LogP) is 8.83. The molecule has 0 saturated carbocycles. The maximum atomic E-state index is 13.5. The topological polar surface area (TPSA) is 231 Å². The zero-order valence-electron chi connectivity index (χ0n) is 42.7. The quantitative estimate of drug-likeness (QED) is 0.0124. The van der Waals surface area contributed by atoms with E-state index in [1.807, 2.05) is 54.6 Å². The summed E-state index contributed by atoms with van der Waals surface area (Å²) >= 11 is 1.53. The monoisotopic (exact) mass is 1020 g/mol. The van der Waals surface area contributed by atoms with Crippen molar-refractivity contribution < 1.29 is 52.5 Å². The van der Waals surface area contributed by atoms with Crippen LogP contribution in [0.15, 0.2) is 128 Å². The van der Waals surface area contributed by atoms with E-state index in [0.717, 1.165) is 16.7 Å². The highest BCUT2D eigenvalue weighted by Crippen LogP contribution is 2.48. The second-order valence-corrected chi connectivity index (χ2v) is 20.5. The summed E-state index contributed by atoms with van der Waals surface area (Å²) in [5.74, 6) is -1.50. The number of carbonyl (C=O) groups is 7. The number of ketones is 1. The minimum absolute atomic E-state index is 0.0282. The van der Waals surface area contributed by atoms with Crippen molar-refractivity contribution in [1.29, 1.82) is 0 Å². The zero-order chi connectivity index (χ0) is 53.4. The Hall–Kier alpha value is -7.14. The first-order chi connectivity index (χ1) is 34.7. The van der Waals surface area contributed by atoms with E-state index in [1.54, 1.807) is 53.7 Å². The summed E-state index contributed by atoms with van der Waals surface area (Å²) in [6.07, 6.45) is 1.63. The Morgan fingerprint density at radius 1 is 0.616 bits per heavy atom. The van der Waals surface area contributed by atoms with Crippen LogP contribution in [-0.4, -0.2) is 90.1 Å². The predicted molar refractivity (Wildman–Crippen MR) is 282 cm³/mol. The van der Waals surface area contributed by atoms with Gasteiger partial charge in [0.25, 0.3) is 0 Å². The van der Waals surface area contributed by atoms with Crippen LogP contribution in [0.4, 0.5) is 14.4 Å². The molecule has 5 amide bonds. The van der Waals surface area contributed by atoms with E-state index in [1.165, 1.54) is 30.0 Å². The molecule has 0 radical (unpaired) electrons. The molecule has 16 nitrogen and oxygen atoms in total. The van der Waals surface area contributed by atoms with Gasteiger partial charge < -0.3 is 45.9 Å². The first-order valence-electron chi connectivity index (χ1n) is 24.4. The number of ether oxygens (including phenoxy) is 4.